The van der Waals surface area contributed by atoms with E-state index < -0.39 is 10.4 Å². The molecular formula is C7H11ClN2O5S. The first kappa shape index (κ1) is 14.9. The monoisotopic (exact) mass is 270 g/mol. The van der Waals surface area contributed by atoms with Crippen molar-refractivity contribution in [1.82, 2.24) is 0 Å². The van der Waals surface area contributed by atoms with Crippen molar-refractivity contribution in [3.05, 3.63) is 23.2 Å². The maximum Gasteiger partial charge on any atom is 0.394 e. The number of nitrogen functional groups attached to an aromatic ring is 1. The first-order valence-electron chi connectivity index (χ1n) is 3.78. The second-order valence-electron chi connectivity index (χ2n) is 2.41. The van der Waals surface area contributed by atoms with Gasteiger partial charge in [0.05, 0.1) is 17.8 Å². The SMILES string of the molecule is COc1c(Cl)cccc1NN.O=S(=O)(O)O. The summed E-state index contributed by atoms with van der Waals surface area (Å²) in [5.74, 6) is 5.77. The van der Waals surface area contributed by atoms with Crippen molar-refractivity contribution in [1.29, 1.82) is 0 Å². The zero-order valence-corrected chi connectivity index (χ0v) is 9.79. The molecule has 7 nitrogen and oxygen atoms in total. The van der Waals surface area contributed by atoms with Crippen molar-refractivity contribution in [2.45, 2.75) is 0 Å². The fourth-order valence-corrected chi connectivity index (χ4v) is 1.08. The summed E-state index contributed by atoms with van der Waals surface area (Å²) in [4.78, 5) is 0. The van der Waals surface area contributed by atoms with E-state index in [0.29, 0.717) is 16.5 Å². The van der Waals surface area contributed by atoms with Crippen molar-refractivity contribution in [2.75, 3.05) is 12.5 Å². The molecule has 9 heteroatoms. The van der Waals surface area contributed by atoms with E-state index in [1.165, 1.54) is 0 Å². The fraction of sp³-hybridized carbons (Fsp3) is 0.143. The lowest BCUT2D eigenvalue weighted by molar-refractivity contribution is 0.381. The van der Waals surface area contributed by atoms with E-state index in [4.69, 9.17) is 39.7 Å². The summed E-state index contributed by atoms with van der Waals surface area (Å²) in [7, 11) is -3.12. The first-order chi connectivity index (χ1) is 7.29. The van der Waals surface area contributed by atoms with Gasteiger partial charge in [-0.05, 0) is 12.1 Å². The second-order valence-corrected chi connectivity index (χ2v) is 3.72. The molecule has 0 radical (unpaired) electrons. The Morgan fingerprint density at radius 2 is 1.94 bits per heavy atom. The number of hydrazine groups is 1. The van der Waals surface area contributed by atoms with Crippen LogP contribution in [0.1, 0.15) is 0 Å². The van der Waals surface area contributed by atoms with Crippen LogP contribution >= 0.6 is 11.6 Å². The van der Waals surface area contributed by atoms with Crippen LogP contribution < -0.4 is 16.0 Å². The van der Waals surface area contributed by atoms with Gasteiger partial charge >= 0.3 is 10.4 Å². The molecule has 0 amide bonds. The maximum absolute atomic E-state index is 8.74. The zero-order chi connectivity index (χ0) is 12.8. The molecule has 0 atom stereocenters. The van der Waals surface area contributed by atoms with E-state index >= 15 is 0 Å². The smallest absolute Gasteiger partial charge is 0.394 e. The van der Waals surface area contributed by atoms with Gasteiger partial charge in [0.1, 0.15) is 0 Å². The van der Waals surface area contributed by atoms with E-state index in [1.807, 2.05) is 0 Å². The molecule has 0 saturated heterocycles. The maximum atomic E-state index is 8.74. The van der Waals surface area contributed by atoms with Crippen LogP contribution in [0.3, 0.4) is 0 Å². The molecule has 0 aromatic heterocycles. The molecule has 0 saturated carbocycles. The van der Waals surface area contributed by atoms with E-state index in [-0.39, 0.29) is 0 Å². The van der Waals surface area contributed by atoms with Gasteiger partial charge in [0.25, 0.3) is 0 Å². The Balaban J connectivity index is 0.000000385. The molecule has 1 aromatic rings. The number of benzene rings is 1. The van der Waals surface area contributed by atoms with Gasteiger partial charge in [-0.1, -0.05) is 17.7 Å². The Kier molecular flexibility index (Phi) is 6.08. The molecule has 0 heterocycles. The number of anilines is 1. The summed E-state index contributed by atoms with van der Waals surface area (Å²) in [6.07, 6.45) is 0. The van der Waals surface area contributed by atoms with Crippen LogP contribution in [0.25, 0.3) is 0 Å². The molecular weight excluding hydrogens is 260 g/mol. The minimum absolute atomic E-state index is 0.544. The zero-order valence-electron chi connectivity index (χ0n) is 8.21. The highest BCUT2D eigenvalue weighted by Gasteiger charge is 2.03. The normalized spacial score (nSPS) is 10.1. The van der Waals surface area contributed by atoms with E-state index in [1.54, 1.807) is 25.3 Å². The molecule has 5 N–H and O–H groups in total. The Morgan fingerprint density at radius 3 is 2.25 bits per heavy atom. The molecule has 0 aliphatic carbocycles. The highest BCUT2D eigenvalue weighted by atomic mass is 35.5. The standard InChI is InChI=1S/C7H9ClN2O.H2O4S/c1-11-7-5(8)3-2-4-6(7)10-9;1-5(2,3)4/h2-4,10H,9H2,1H3;(H2,1,2,3,4). The average molecular weight is 271 g/mol. The Bertz CT molecular complexity index is 428. The van der Waals surface area contributed by atoms with Gasteiger partial charge in [-0.15, -0.1) is 0 Å². The quantitative estimate of drug-likeness (QED) is 0.359. The number of nitrogens with two attached hydrogens (primary N) is 1. The molecule has 0 unspecified atom stereocenters. The van der Waals surface area contributed by atoms with Gasteiger partial charge in [-0.2, -0.15) is 8.42 Å². The van der Waals surface area contributed by atoms with Crippen LogP contribution in [0.5, 0.6) is 5.75 Å². The van der Waals surface area contributed by atoms with E-state index in [9.17, 15) is 0 Å². The molecule has 92 valence electrons. The predicted molar refractivity (Wildman–Crippen MR) is 60.0 cm³/mol. The molecule has 0 bridgehead atoms. The average Bonchev–Trinajstić information content (AvgIpc) is 2.14. The van der Waals surface area contributed by atoms with Crippen LogP contribution in [0, 0.1) is 0 Å². The summed E-state index contributed by atoms with van der Waals surface area (Å²) in [5, 5.41) is 0.544. The lowest BCUT2D eigenvalue weighted by Gasteiger charge is -2.07. The number of rotatable bonds is 2. The van der Waals surface area contributed by atoms with Gasteiger partial charge in [-0.3, -0.25) is 14.9 Å². The van der Waals surface area contributed by atoms with E-state index in [0.717, 1.165) is 0 Å². The topological polar surface area (TPSA) is 122 Å². The highest BCUT2D eigenvalue weighted by Crippen LogP contribution is 2.31. The van der Waals surface area contributed by atoms with Crippen molar-refractivity contribution < 1.29 is 22.3 Å². The van der Waals surface area contributed by atoms with Crippen LogP contribution in [-0.2, 0) is 10.4 Å². The van der Waals surface area contributed by atoms with Crippen molar-refractivity contribution in [3.63, 3.8) is 0 Å². The molecule has 0 fully saturated rings. The fourth-order valence-electron chi connectivity index (χ4n) is 0.830. The van der Waals surface area contributed by atoms with E-state index in [2.05, 4.69) is 5.43 Å². The minimum Gasteiger partial charge on any atom is -0.493 e. The van der Waals surface area contributed by atoms with Gasteiger partial charge < -0.3 is 10.2 Å². The number of hydrogen-bond donors (Lipinski definition) is 4. The Morgan fingerprint density at radius 1 is 1.44 bits per heavy atom. The summed E-state index contributed by atoms with van der Waals surface area (Å²) >= 11 is 5.79. The third-order valence-electron chi connectivity index (χ3n) is 1.33. The largest absolute Gasteiger partial charge is 0.493 e. The second kappa shape index (κ2) is 6.51. The highest BCUT2D eigenvalue weighted by molar-refractivity contribution is 7.79. The third kappa shape index (κ3) is 6.43. The lowest BCUT2D eigenvalue weighted by Crippen LogP contribution is -2.07. The van der Waals surface area contributed by atoms with Crippen LogP contribution in [0.4, 0.5) is 5.69 Å². The first-order valence-corrected chi connectivity index (χ1v) is 5.56. The van der Waals surface area contributed by atoms with Gasteiger partial charge in [0.15, 0.2) is 5.75 Å². The third-order valence-corrected chi connectivity index (χ3v) is 1.62. The Labute approximate surface area is 97.7 Å². The number of para-hydroxylation sites is 1. The molecule has 1 aromatic carbocycles. The van der Waals surface area contributed by atoms with Crippen LogP contribution in [0.2, 0.25) is 5.02 Å². The molecule has 0 aliphatic rings. The van der Waals surface area contributed by atoms with Gasteiger partial charge in [-0.25, -0.2) is 0 Å². The Hall–Kier alpha value is -1.06. The van der Waals surface area contributed by atoms with Crippen LogP contribution in [0.15, 0.2) is 18.2 Å². The lowest BCUT2D eigenvalue weighted by atomic mass is 10.3. The minimum atomic E-state index is -4.67. The van der Waals surface area contributed by atoms with Gasteiger partial charge in [0.2, 0.25) is 0 Å². The molecule has 1 rings (SSSR count). The van der Waals surface area contributed by atoms with Crippen molar-refractivity contribution in [3.8, 4) is 5.75 Å². The van der Waals surface area contributed by atoms with Crippen molar-refractivity contribution >= 4 is 27.7 Å². The molecule has 0 spiro atoms. The number of methoxy groups -OCH3 is 1. The van der Waals surface area contributed by atoms with Crippen molar-refractivity contribution in [2.24, 2.45) is 5.84 Å². The number of hydrogen-bond acceptors (Lipinski definition) is 5. The number of nitrogens with one attached hydrogen (secondary N) is 1. The number of ether oxygens (including phenoxy) is 1. The summed E-state index contributed by atoms with van der Waals surface area (Å²) in [5.41, 5.74) is 3.16. The summed E-state index contributed by atoms with van der Waals surface area (Å²) in [6.45, 7) is 0. The molecule has 0 aliphatic heterocycles. The summed E-state index contributed by atoms with van der Waals surface area (Å²) in [6, 6.07) is 5.31. The predicted octanol–water partition coefficient (Wildman–Crippen LogP) is 0.981. The summed E-state index contributed by atoms with van der Waals surface area (Å²) < 4.78 is 36.6. The molecule has 16 heavy (non-hydrogen) atoms. The van der Waals surface area contributed by atoms with Gasteiger partial charge in [0, 0.05) is 0 Å². The van der Waals surface area contributed by atoms with Crippen LogP contribution in [-0.4, -0.2) is 24.6 Å². The number of halogens is 1.